The van der Waals surface area contributed by atoms with E-state index in [1.807, 2.05) is 24.3 Å². The summed E-state index contributed by atoms with van der Waals surface area (Å²) in [4.78, 5) is 25.6. The van der Waals surface area contributed by atoms with Crippen molar-refractivity contribution in [1.29, 1.82) is 0 Å². The summed E-state index contributed by atoms with van der Waals surface area (Å²) in [6.07, 6.45) is 5.10. The number of carbonyl (C=O) groups excluding carboxylic acids is 1. The minimum absolute atomic E-state index is 0.117. The van der Waals surface area contributed by atoms with Crippen molar-refractivity contribution in [3.05, 3.63) is 89.9 Å². The van der Waals surface area contributed by atoms with Gasteiger partial charge in [0.25, 0.3) is 5.91 Å². The monoisotopic (exact) mass is 387 g/mol. The zero-order valence-corrected chi connectivity index (χ0v) is 16.4. The molecule has 0 atom stereocenters. The maximum absolute atomic E-state index is 12.3. The standard InChI is InChI=1S/C23H25N5O/c29-23(26-16-19-8-10-24-11-9-19)21-6-7-22(25-17-21)28-14-12-27(13-15-28)18-20-4-2-1-3-5-20/h1-11,17H,12-16,18H2,(H,26,29). The van der Waals surface area contributed by atoms with Gasteiger partial charge in [-0.3, -0.25) is 14.7 Å². The number of nitrogens with one attached hydrogen (secondary N) is 1. The topological polar surface area (TPSA) is 61.4 Å². The van der Waals surface area contributed by atoms with Gasteiger partial charge in [-0.25, -0.2) is 4.98 Å². The van der Waals surface area contributed by atoms with Gasteiger partial charge in [0, 0.05) is 57.9 Å². The van der Waals surface area contributed by atoms with Crippen LogP contribution in [-0.4, -0.2) is 47.0 Å². The lowest BCUT2D eigenvalue weighted by Crippen LogP contribution is -2.46. The van der Waals surface area contributed by atoms with E-state index in [9.17, 15) is 4.79 Å². The smallest absolute Gasteiger partial charge is 0.253 e. The van der Waals surface area contributed by atoms with Gasteiger partial charge in [-0.15, -0.1) is 0 Å². The Morgan fingerprint density at radius 1 is 0.897 bits per heavy atom. The first kappa shape index (κ1) is 19.1. The summed E-state index contributed by atoms with van der Waals surface area (Å²) in [5.74, 6) is 0.809. The zero-order chi connectivity index (χ0) is 19.9. The van der Waals surface area contributed by atoms with Gasteiger partial charge in [-0.1, -0.05) is 30.3 Å². The number of aromatic nitrogens is 2. The van der Waals surface area contributed by atoms with E-state index in [1.54, 1.807) is 18.6 Å². The van der Waals surface area contributed by atoms with Gasteiger partial charge in [0.05, 0.1) is 5.56 Å². The van der Waals surface area contributed by atoms with Gasteiger partial charge in [0.1, 0.15) is 5.82 Å². The molecule has 0 unspecified atom stereocenters. The number of anilines is 1. The Kier molecular flexibility index (Phi) is 6.12. The quantitative estimate of drug-likeness (QED) is 0.705. The third-order valence-corrected chi connectivity index (χ3v) is 5.16. The molecular formula is C23H25N5O. The maximum atomic E-state index is 12.3. The van der Waals surface area contributed by atoms with Crippen LogP contribution in [0, 0.1) is 0 Å². The van der Waals surface area contributed by atoms with Crippen molar-refractivity contribution in [3.8, 4) is 0 Å². The minimum Gasteiger partial charge on any atom is -0.354 e. The Balaban J connectivity index is 1.27. The van der Waals surface area contributed by atoms with Crippen LogP contribution in [0.3, 0.4) is 0 Å². The Morgan fingerprint density at radius 3 is 2.34 bits per heavy atom. The molecule has 1 amide bonds. The number of benzene rings is 1. The number of piperazine rings is 1. The van der Waals surface area contributed by atoms with Crippen LogP contribution in [0.15, 0.2) is 73.2 Å². The van der Waals surface area contributed by atoms with Crippen molar-refractivity contribution in [3.63, 3.8) is 0 Å². The lowest BCUT2D eigenvalue weighted by atomic mass is 10.2. The third kappa shape index (κ3) is 5.18. The molecule has 2 aromatic heterocycles. The summed E-state index contributed by atoms with van der Waals surface area (Å²) in [5.41, 5.74) is 2.94. The lowest BCUT2D eigenvalue weighted by Gasteiger charge is -2.35. The number of nitrogens with zero attached hydrogens (tertiary/aromatic N) is 4. The summed E-state index contributed by atoms with van der Waals surface area (Å²) < 4.78 is 0. The molecule has 1 fully saturated rings. The minimum atomic E-state index is -0.117. The Morgan fingerprint density at radius 2 is 1.66 bits per heavy atom. The first-order valence-electron chi connectivity index (χ1n) is 9.92. The molecule has 1 aliphatic rings. The molecule has 6 heteroatoms. The highest BCUT2D eigenvalue weighted by Gasteiger charge is 2.18. The zero-order valence-electron chi connectivity index (χ0n) is 16.4. The molecule has 148 valence electrons. The molecule has 4 rings (SSSR count). The molecular weight excluding hydrogens is 362 g/mol. The van der Waals surface area contributed by atoms with E-state index in [0.717, 1.165) is 44.1 Å². The van der Waals surface area contributed by atoms with E-state index < -0.39 is 0 Å². The second-order valence-corrected chi connectivity index (χ2v) is 7.19. The second-order valence-electron chi connectivity index (χ2n) is 7.19. The van der Waals surface area contributed by atoms with Gasteiger partial charge in [-0.2, -0.15) is 0 Å². The molecule has 3 heterocycles. The lowest BCUT2D eigenvalue weighted by molar-refractivity contribution is 0.0950. The predicted molar refractivity (Wildman–Crippen MR) is 114 cm³/mol. The summed E-state index contributed by atoms with van der Waals surface area (Å²) in [7, 11) is 0. The van der Waals surface area contributed by atoms with Crippen molar-refractivity contribution >= 4 is 11.7 Å². The van der Waals surface area contributed by atoms with Crippen LogP contribution >= 0.6 is 0 Å². The molecule has 0 saturated carbocycles. The normalized spacial score (nSPS) is 14.6. The summed E-state index contributed by atoms with van der Waals surface area (Å²) in [6.45, 7) is 5.35. The Labute approximate surface area is 171 Å². The number of carbonyl (C=O) groups is 1. The molecule has 1 saturated heterocycles. The van der Waals surface area contributed by atoms with Crippen LogP contribution in [0.2, 0.25) is 0 Å². The molecule has 29 heavy (non-hydrogen) atoms. The number of hydrogen-bond donors (Lipinski definition) is 1. The van der Waals surface area contributed by atoms with Crippen LogP contribution in [0.1, 0.15) is 21.5 Å². The Hall–Kier alpha value is -3.25. The SMILES string of the molecule is O=C(NCc1ccncc1)c1ccc(N2CCN(Cc3ccccc3)CC2)nc1. The van der Waals surface area contributed by atoms with Crippen molar-refractivity contribution in [2.24, 2.45) is 0 Å². The average Bonchev–Trinajstić information content (AvgIpc) is 2.79. The summed E-state index contributed by atoms with van der Waals surface area (Å²) >= 11 is 0. The van der Waals surface area contributed by atoms with E-state index in [2.05, 4.69) is 55.4 Å². The molecule has 0 bridgehead atoms. The molecule has 1 aromatic carbocycles. The summed E-state index contributed by atoms with van der Waals surface area (Å²) in [6, 6.07) is 18.1. The Bertz CT molecular complexity index is 907. The first-order valence-corrected chi connectivity index (χ1v) is 9.92. The third-order valence-electron chi connectivity index (χ3n) is 5.16. The van der Waals surface area contributed by atoms with E-state index in [0.29, 0.717) is 12.1 Å². The van der Waals surface area contributed by atoms with Gasteiger partial charge >= 0.3 is 0 Å². The van der Waals surface area contributed by atoms with Gasteiger partial charge < -0.3 is 10.2 Å². The fourth-order valence-electron chi connectivity index (χ4n) is 3.47. The van der Waals surface area contributed by atoms with Crippen LogP contribution < -0.4 is 10.2 Å². The van der Waals surface area contributed by atoms with E-state index >= 15 is 0 Å². The highest BCUT2D eigenvalue weighted by atomic mass is 16.1. The molecule has 0 aliphatic carbocycles. The maximum Gasteiger partial charge on any atom is 0.253 e. The van der Waals surface area contributed by atoms with Crippen molar-refractivity contribution in [2.75, 3.05) is 31.1 Å². The molecule has 1 N–H and O–H groups in total. The second kappa shape index (κ2) is 9.30. The number of rotatable bonds is 6. The average molecular weight is 387 g/mol. The van der Waals surface area contributed by atoms with Crippen LogP contribution in [0.5, 0.6) is 0 Å². The van der Waals surface area contributed by atoms with Crippen molar-refractivity contribution in [2.45, 2.75) is 13.1 Å². The highest BCUT2D eigenvalue weighted by Crippen LogP contribution is 2.15. The molecule has 6 nitrogen and oxygen atoms in total. The van der Waals surface area contributed by atoms with Crippen LogP contribution in [0.25, 0.3) is 0 Å². The van der Waals surface area contributed by atoms with Crippen molar-refractivity contribution in [1.82, 2.24) is 20.2 Å². The summed E-state index contributed by atoms with van der Waals surface area (Å²) in [5, 5.41) is 2.92. The molecule has 3 aromatic rings. The van der Waals surface area contributed by atoms with Gasteiger partial charge in [0.15, 0.2) is 0 Å². The highest BCUT2D eigenvalue weighted by molar-refractivity contribution is 5.94. The molecule has 0 spiro atoms. The van der Waals surface area contributed by atoms with Gasteiger partial charge in [-0.05, 0) is 35.4 Å². The molecule has 1 aliphatic heterocycles. The first-order chi connectivity index (χ1) is 14.3. The van der Waals surface area contributed by atoms with E-state index in [4.69, 9.17) is 0 Å². The number of hydrogen-bond acceptors (Lipinski definition) is 5. The number of amides is 1. The fraction of sp³-hybridized carbons (Fsp3) is 0.261. The number of pyridine rings is 2. The molecule has 0 radical (unpaired) electrons. The van der Waals surface area contributed by atoms with E-state index in [1.165, 1.54) is 5.56 Å². The van der Waals surface area contributed by atoms with Crippen LogP contribution in [-0.2, 0) is 13.1 Å². The van der Waals surface area contributed by atoms with Crippen LogP contribution in [0.4, 0.5) is 5.82 Å². The fourth-order valence-corrected chi connectivity index (χ4v) is 3.47. The largest absolute Gasteiger partial charge is 0.354 e. The van der Waals surface area contributed by atoms with Gasteiger partial charge in [0.2, 0.25) is 0 Å². The van der Waals surface area contributed by atoms with Crippen molar-refractivity contribution < 1.29 is 4.79 Å². The van der Waals surface area contributed by atoms with E-state index in [-0.39, 0.29) is 5.91 Å². The predicted octanol–water partition coefficient (Wildman–Crippen LogP) is 2.73.